The molecule has 5 heteroatoms. The van der Waals surface area contributed by atoms with E-state index in [2.05, 4.69) is 21.4 Å². The molecule has 1 heterocycles. The molecule has 2 aromatic carbocycles. The van der Waals surface area contributed by atoms with Gasteiger partial charge in [0, 0.05) is 22.2 Å². The molecule has 25 heavy (non-hydrogen) atoms. The van der Waals surface area contributed by atoms with Gasteiger partial charge in [-0.1, -0.05) is 64.0 Å². The van der Waals surface area contributed by atoms with Crippen molar-refractivity contribution in [3.63, 3.8) is 0 Å². The number of rotatable bonds is 3. The van der Waals surface area contributed by atoms with Gasteiger partial charge >= 0.3 is 0 Å². The molecule has 4 nitrogen and oxygen atoms in total. The summed E-state index contributed by atoms with van der Waals surface area (Å²) in [7, 11) is 0. The summed E-state index contributed by atoms with van der Waals surface area (Å²) in [5.41, 5.74) is 5.23. The van der Waals surface area contributed by atoms with Crippen LogP contribution in [0.4, 0.5) is 0 Å². The third-order valence-corrected chi connectivity index (χ3v) is 4.97. The average Bonchev–Trinajstić information content (AvgIpc) is 2.96. The molecule has 1 amide bonds. The van der Waals surface area contributed by atoms with E-state index < -0.39 is 5.72 Å². The first kappa shape index (κ1) is 17.7. The number of hydrazine groups is 1. The summed E-state index contributed by atoms with van der Waals surface area (Å²) in [5, 5.41) is 12.6. The van der Waals surface area contributed by atoms with E-state index >= 15 is 0 Å². The van der Waals surface area contributed by atoms with Crippen molar-refractivity contribution in [3.05, 3.63) is 81.5 Å². The van der Waals surface area contributed by atoms with Gasteiger partial charge in [0.25, 0.3) is 0 Å². The maximum Gasteiger partial charge on any atom is 0.248 e. The Morgan fingerprint density at radius 3 is 2.48 bits per heavy atom. The zero-order valence-electron chi connectivity index (χ0n) is 14.3. The molecule has 1 fully saturated rings. The second-order valence-electron chi connectivity index (χ2n) is 6.32. The number of benzene rings is 2. The summed E-state index contributed by atoms with van der Waals surface area (Å²) in [5.74, 6) is -0.175. The molecule has 3 rings (SSSR count). The van der Waals surface area contributed by atoms with E-state index in [9.17, 15) is 9.90 Å². The first-order chi connectivity index (χ1) is 11.9. The van der Waals surface area contributed by atoms with E-state index in [0.717, 1.165) is 21.3 Å². The number of carbonyl (C=O) groups excluding carboxylic acids is 1. The van der Waals surface area contributed by atoms with E-state index in [4.69, 9.17) is 0 Å². The van der Waals surface area contributed by atoms with E-state index in [-0.39, 0.29) is 12.3 Å². The Morgan fingerprint density at radius 1 is 1.24 bits per heavy atom. The molecule has 130 valence electrons. The van der Waals surface area contributed by atoms with Gasteiger partial charge in [0.15, 0.2) is 5.72 Å². The highest BCUT2D eigenvalue weighted by Gasteiger charge is 2.45. The van der Waals surface area contributed by atoms with Gasteiger partial charge in [0.05, 0.1) is 6.42 Å². The molecule has 1 aliphatic rings. The number of hydrogen-bond acceptors (Lipinski definition) is 3. The SMILES string of the molecule is CC=C1CC(O)(c2ccc(Br)cc2)N(C(=O)Cc2ccc(C)cc2)N1. The number of carbonyl (C=O) groups is 1. The molecule has 1 aliphatic heterocycles. The fraction of sp³-hybridized carbons (Fsp3) is 0.250. The predicted octanol–water partition coefficient (Wildman–Crippen LogP) is 3.79. The molecular weight excluding hydrogens is 380 g/mol. The Bertz CT molecular complexity index is 799. The second kappa shape index (κ2) is 7.02. The maximum atomic E-state index is 12.9. The van der Waals surface area contributed by atoms with Crippen molar-refractivity contribution < 1.29 is 9.90 Å². The fourth-order valence-electron chi connectivity index (χ4n) is 2.96. The Morgan fingerprint density at radius 2 is 1.88 bits per heavy atom. The van der Waals surface area contributed by atoms with Crippen molar-refractivity contribution in [2.24, 2.45) is 0 Å². The first-order valence-corrected chi connectivity index (χ1v) is 9.00. The Kier molecular flexibility index (Phi) is 4.97. The fourth-order valence-corrected chi connectivity index (χ4v) is 3.23. The lowest BCUT2D eigenvalue weighted by Gasteiger charge is -2.32. The summed E-state index contributed by atoms with van der Waals surface area (Å²) in [4.78, 5) is 12.9. The minimum atomic E-state index is -1.40. The molecule has 0 aromatic heterocycles. The lowest BCUT2D eigenvalue weighted by molar-refractivity contribution is -0.160. The molecule has 1 unspecified atom stereocenters. The lowest BCUT2D eigenvalue weighted by atomic mass is 9.98. The second-order valence-corrected chi connectivity index (χ2v) is 7.23. The summed E-state index contributed by atoms with van der Waals surface area (Å²) in [6, 6.07) is 15.2. The summed E-state index contributed by atoms with van der Waals surface area (Å²) in [6.45, 7) is 3.90. The van der Waals surface area contributed by atoms with Crippen molar-refractivity contribution in [1.82, 2.24) is 10.4 Å². The molecule has 0 aliphatic carbocycles. The number of halogens is 1. The van der Waals surface area contributed by atoms with E-state index in [1.807, 2.05) is 68.5 Å². The Labute approximate surface area is 156 Å². The summed E-state index contributed by atoms with van der Waals surface area (Å²) >= 11 is 3.40. The van der Waals surface area contributed by atoms with Gasteiger partial charge in [-0.15, -0.1) is 0 Å². The van der Waals surface area contributed by atoms with Gasteiger partial charge in [0.1, 0.15) is 0 Å². The Hall–Kier alpha value is -2.11. The molecule has 1 saturated heterocycles. The highest BCUT2D eigenvalue weighted by atomic mass is 79.9. The molecule has 0 bridgehead atoms. The van der Waals surface area contributed by atoms with Gasteiger partial charge in [-0.05, 0) is 31.5 Å². The van der Waals surface area contributed by atoms with E-state index in [0.29, 0.717) is 12.0 Å². The normalized spacial score (nSPS) is 21.4. The number of allylic oxidation sites excluding steroid dienone is 1. The third-order valence-electron chi connectivity index (χ3n) is 4.44. The molecule has 2 N–H and O–H groups in total. The van der Waals surface area contributed by atoms with Crippen LogP contribution in [-0.2, 0) is 16.9 Å². The smallest absolute Gasteiger partial charge is 0.248 e. The standard InChI is InChI=1S/C20H21BrN2O2/c1-3-18-13-20(25,16-8-10-17(21)11-9-16)23(22-18)19(24)12-15-6-4-14(2)5-7-15/h3-11,22,25H,12-13H2,1-2H3. The van der Waals surface area contributed by atoms with Crippen LogP contribution in [0.3, 0.4) is 0 Å². The number of amides is 1. The van der Waals surface area contributed by atoms with Gasteiger partial charge in [-0.25, -0.2) is 5.01 Å². The summed E-state index contributed by atoms with van der Waals surface area (Å²) < 4.78 is 0.926. The highest BCUT2D eigenvalue weighted by molar-refractivity contribution is 9.10. The maximum absolute atomic E-state index is 12.9. The summed E-state index contributed by atoms with van der Waals surface area (Å²) in [6.07, 6.45) is 2.44. The van der Waals surface area contributed by atoms with Gasteiger partial charge in [-0.3, -0.25) is 10.2 Å². The minimum absolute atomic E-state index is 0.175. The molecule has 0 spiro atoms. The zero-order valence-corrected chi connectivity index (χ0v) is 15.9. The van der Waals surface area contributed by atoms with Crippen molar-refractivity contribution in [1.29, 1.82) is 0 Å². The highest BCUT2D eigenvalue weighted by Crippen LogP contribution is 2.37. The molecule has 2 aromatic rings. The van der Waals surface area contributed by atoms with Gasteiger partial charge in [-0.2, -0.15) is 0 Å². The van der Waals surface area contributed by atoms with Crippen LogP contribution in [0.5, 0.6) is 0 Å². The van der Waals surface area contributed by atoms with Crippen molar-refractivity contribution in [3.8, 4) is 0 Å². The number of aryl methyl sites for hydroxylation is 1. The quantitative estimate of drug-likeness (QED) is 0.823. The monoisotopic (exact) mass is 400 g/mol. The molecule has 0 saturated carbocycles. The van der Waals surface area contributed by atoms with Crippen LogP contribution < -0.4 is 5.43 Å². The number of hydrogen-bond donors (Lipinski definition) is 2. The van der Waals surface area contributed by atoms with Gasteiger partial charge in [0.2, 0.25) is 5.91 Å². The third kappa shape index (κ3) is 3.62. The molecule has 0 radical (unpaired) electrons. The van der Waals surface area contributed by atoms with E-state index in [1.165, 1.54) is 5.01 Å². The topological polar surface area (TPSA) is 52.6 Å². The van der Waals surface area contributed by atoms with Crippen molar-refractivity contribution >= 4 is 21.8 Å². The van der Waals surface area contributed by atoms with E-state index in [1.54, 1.807) is 0 Å². The Balaban J connectivity index is 1.89. The van der Waals surface area contributed by atoms with Crippen LogP contribution >= 0.6 is 15.9 Å². The zero-order chi connectivity index (χ0) is 18.0. The van der Waals surface area contributed by atoms with Crippen LogP contribution in [-0.4, -0.2) is 16.0 Å². The first-order valence-electron chi connectivity index (χ1n) is 8.21. The minimum Gasteiger partial charge on any atom is -0.365 e. The lowest BCUT2D eigenvalue weighted by Crippen LogP contribution is -2.50. The van der Waals surface area contributed by atoms with Gasteiger partial charge < -0.3 is 5.11 Å². The predicted molar refractivity (Wildman–Crippen MR) is 101 cm³/mol. The van der Waals surface area contributed by atoms with Crippen LogP contribution in [0.25, 0.3) is 0 Å². The number of nitrogens with one attached hydrogen (secondary N) is 1. The molecule has 1 atom stereocenters. The largest absolute Gasteiger partial charge is 0.365 e. The number of nitrogens with zero attached hydrogens (tertiary/aromatic N) is 1. The van der Waals surface area contributed by atoms with Crippen LogP contribution in [0.2, 0.25) is 0 Å². The van der Waals surface area contributed by atoms with Crippen LogP contribution in [0, 0.1) is 6.92 Å². The van der Waals surface area contributed by atoms with Crippen LogP contribution in [0.1, 0.15) is 30.0 Å². The average molecular weight is 401 g/mol. The van der Waals surface area contributed by atoms with Crippen molar-refractivity contribution in [2.75, 3.05) is 0 Å². The number of aliphatic hydroxyl groups is 1. The molecular formula is C20H21BrN2O2. The van der Waals surface area contributed by atoms with Crippen LogP contribution in [0.15, 0.2) is 64.8 Å². The van der Waals surface area contributed by atoms with Crippen molar-refractivity contribution in [2.45, 2.75) is 32.4 Å².